The Hall–Kier alpha value is -3.26. The topological polar surface area (TPSA) is 158 Å². The Bertz CT molecular complexity index is 1750. The van der Waals surface area contributed by atoms with E-state index in [0.717, 1.165) is 35.1 Å². The van der Waals surface area contributed by atoms with Gasteiger partial charge >= 0.3 is 0 Å². The lowest BCUT2D eigenvalue weighted by Crippen LogP contribution is -2.58. The van der Waals surface area contributed by atoms with E-state index in [1.54, 1.807) is 13.8 Å². The molecule has 0 bridgehead atoms. The zero-order valence-electron chi connectivity index (χ0n) is 39.2. The van der Waals surface area contributed by atoms with Gasteiger partial charge in [0.15, 0.2) is 12.6 Å². The van der Waals surface area contributed by atoms with Gasteiger partial charge in [-0.25, -0.2) is 0 Å². The van der Waals surface area contributed by atoms with E-state index < -0.39 is 61.4 Å². The predicted octanol–water partition coefficient (Wildman–Crippen LogP) is 8.25. The van der Waals surface area contributed by atoms with Gasteiger partial charge < -0.3 is 49.6 Å². The van der Waals surface area contributed by atoms with Gasteiger partial charge in [0, 0.05) is 0 Å². The van der Waals surface area contributed by atoms with E-state index in [1.807, 2.05) is 12.2 Å². The lowest BCUT2D eigenvalue weighted by Gasteiger charge is -2.43. The van der Waals surface area contributed by atoms with Crippen LogP contribution in [-0.2, 0) is 18.9 Å². The molecule has 0 spiro atoms. The summed E-state index contributed by atoms with van der Waals surface area (Å²) in [6.07, 6.45) is 21.1. The minimum atomic E-state index is -1.31. The van der Waals surface area contributed by atoms with Crippen LogP contribution in [0.25, 0.3) is 0 Å². The summed E-state index contributed by atoms with van der Waals surface area (Å²) < 4.78 is 23.7. The second-order valence-electron chi connectivity index (χ2n) is 19.3. The highest BCUT2D eigenvalue weighted by atomic mass is 16.7. The van der Waals surface area contributed by atoms with Crippen LogP contribution in [0.15, 0.2) is 130 Å². The Morgan fingerprint density at radius 2 is 0.823 bits per heavy atom. The van der Waals surface area contributed by atoms with Crippen LogP contribution in [0, 0.1) is 10.8 Å². The lowest BCUT2D eigenvalue weighted by atomic mass is 9.71. The number of aliphatic hydroxyl groups excluding tert-OH is 6. The molecule has 344 valence electrons. The molecule has 2 fully saturated rings. The number of aliphatic hydroxyl groups is 6. The number of hydrogen-bond donors (Lipinski definition) is 6. The Morgan fingerprint density at radius 1 is 0.500 bits per heavy atom. The Balaban J connectivity index is 1.25. The summed E-state index contributed by atoms with van der Waals surface area (Å²) in [4.78, 5) is 0. The smallest absolute Gasteiger partial charge is 0.186 e. The quantitative estimate of drug-likeness (QED) is 0.0940. The van der Waals surface area contributed by atoms with Crippen LogP contribution >= 0.6 is 0 Å². The number of hydrogen-bond acceptors (Lipinski definition) is 10. The van der Waals surface area contributed by atoms with Crippen LogP contribution < -0.4 is 0 Å². The molecule has 0 aromatic heterocycles. The SMILES string of the molecule is CC(C=CC=C(C)C=CC1=C(C)CC(OC2OC(C)C(O)C(O)C2O)CC1(C)C)=CC=CC=C(C)C=CC=C(C)C=CC1=C(C)CC(OC2OC(C)C(O)C(O)C2O)CC1(C)C. The van der Waals surface area contributed by atoms with Crippen molar-refractivity contribution in [1.82, 2.24) is 0 Å². The molecule has 0 radical (unpaired) electrons. The van der Waals surface area contributed by atoms with Crippen LogP contribution in [0.4, 0.5) is 0 Å². The molecule has 2 saturated heterocycles. The summed E-state index contributed by atoms with van der Waals surface area (Å²) in [5.41, 5.74) is 9.11. The van der Waals surface area contributed by atoms with Crippen LogP contribution in [0.5, 0.6) is 0 Å². The molecule has 10 heteroatoms. The Labute approximate surface area is 371 Å². The molecule has 12 atom stereocenters. The van der Waals surface area contributed by atoms with E-state index in [1.165, 1.54) is 22.3 Å². The summed E-state index contributed by atoms with van der Waals surface area (Å²) in [7, 11) is 0. The van der Waals surface area contributed by atoms with Crippen molar-refractivity contribution in [2.75, 3.05) is 0 Å². The van der Waals surface area contributed by atoms with Gasteiger partial charge in [0.25, 0.3) is 0 Å². The molecule has 0 aromatic rings. The minimum Gasteiger partial charge on any atom is -0.388 e. The first kappa shape index (κ1) is 51.4. The van der Waals surface area contributed by atoms with Gasteiger partial charge in [-0.3, -0.25) is 0 Å². The van der Waals surface area contributed by atoms with Crippen molar-refractivity contribution in [2.45, 2.75) is 182 Å². The van der Waals surface area contributed by atoms with E-state index in [9.17, 15) is 30.6 Å². The van der Waals surface area contributed by atoms with Crippen LogP contribution in [0.2, 0.25) is 0 Å². The first-order chi connectivity index (χ1) is 29.0. The van der Waals surface area contributed by atoms with E-state index in [2.05, 4.69) is 142 Å². The van der Waals surface area contributed by atoms with E-state index in [0.29, 0.717) is 12.8 Å². The van der Waals surface area contributed by atoms with Gasteiger partial charge in [0.2, 0.25) is 0 Å². The van der Waals surface area contributed by atoms with Gasteiger partial charge in [-0.2, -0.15) is 0 Å². The molecule has 2 aliphatic carbocycles. The van der Waals surface area contributed by atoms with E-state index in [-0.39, 0.29) is 23.0 Å². The third kappa shape index (κ3) is 14.1. The highest BCUT2D eigenvalue weighted by Gasteiger charge is 2.46. The van der Waals surface area contributed by atoms with Gasteiger partial charge in [0.05, 0.1) is 24.4 Å². The molecule has 12 unspecified atom stereocenters. The van der Waals surface area contributed by atoms with Crippen molar-refractivity contribution in [2.24, 2.45) is 10.8 Å². The summed E-state index contributed by atoms with van der Waals surface area (Å²) in [6.45, 7) is 24.6. The zero-order valence-corrected chi connectivity index (χ0v) is 39.2. The van der Waals surface area contributed by atoms with Gasteiger partial charge in [-0.15, -0.1) is 0 Å². The average molecular weight is 861 g/mol. The van der Waals surface area contributed by atoms with Gasteiger partial charge in [-0.05, 0) is 103 Å². The molecule has 0 aromatic carbocycles. The minimum absolute atomic E-state index is 0.170. The fourth-order valence-corrected chi connectivity index (χ4v) is 8.89. The summed E-state index contributed by atoms with van der Waals surface area (Å²) >= 11 is 0. The molecule has 0 amide bonds. The standard InChI is InChI=1S/C52H76O10/c1-31(19-15-21-33(3)23-25-41-35(5)27-39(29-51(41,9)10)61-49-47(57)45(55)43(53)37(7)59-49)17-13-14-18-32(2)20-16-22-34(4)24-26-42-36(6)28-40(30-52(42,11)12)62-50-48(58)46(56)44(54)38(8)60-50/h13-26,37-40,43-50,53-58H,27-30H2,1-12H3. The number of rotatable bonds is 14. The first-order valence-corrected chi connectivity index (χ1v) is 22.2. The normalized spacial score (nSPS) is 35.8. The second-order valence-corrected chi connectivity index (χ2v) is 19.3. The maximum absolute atomic E-state index is 10.4. The van der Waals surface area contributed by atoms with E-state index in [4.69, 9.17) is 18.9 Å². The molecule has 0 saturated carbocycles. The summed E-state index contributed by atoms with van der Waals surface area (Å²) in [5, 5.41) is 61.4. The largest absolute Gasteiger partial charge is 0.388 e. The molecule has 10 nitrogen and oxygen atoms in total. The monoisotopic (exact) mass is 861 g/mol. The Kier molecular flexibility index (Phi) is 18.7. The van der Waals surface area contributed by atoms with Crippen molar-refractivity contribution in [3.63, 3.8) is 0 Å². The molecular weight excluding hydrogens is 785 g/mol. The van der Waals surface area contributed by atoms with Crippen molar-refractivity contribution >= 4 is 0 Å². The number of ether oxygens (including phenoxy) is 4. The highest BCUT2D eigenvalue weighted by Crippen LogP contribution is 2.44. The van der Waals surface area contributed by atoms with Crippen molar-refractivity contribution in [3.05, 3.63) is 130 Å². The molecule has 6 N–H and O–H groups in total. The van der Waals surface area contributed by atoms with Crippen molar-refractivity contribution < 1.29 is 49.6 Å². The van der Waals surface area contributed by atoms with Crippen LogP contribution in [-0.4, -0.2) is 104 Å². The molecule has 62 heavy (non-hydrogen) atoms. The fraction of sp³-hybridized carbons (Fsp3) is 0.577. The molecule has 2 aliphatic heterocycles. The molecule has 4 aliphatic rings. The summed E-state index contributed by atoms with van der Waals surface area (Å²) in [5.74, 6) is 0. The predicted molar refractivity (Wildman–Crippen MR) is 247 cm³/mol. The van der Waals surface area contributed by atoms with Crippen molar-refractivity contribution in [3.8, 4) is 0 Å². The van der Waals surface area contributed by atoms with Gasteiger partial charge in [-0.1, -0.05) is 146 Å². The fourth-order valence-electron chi connectivity index (χ4n) is 8.89. The first-order valence-electron chi connectivity index (χ1n) is 22.2. The van der Waals surface area contributed by atoms with Crippen LogP contribution in [0.1, 0.15) is 109 Å². The third-order valence-corrected chi connectivity index (χ3v) is 12.5. The van der Waals surface area contributed by atoms with Crippen molar-refractivity contribution in [1.29, 1.82) is 0 Å². The molecule has 4 rings (SSSR count). The maximum Gasteiger partial charge on any atom is 0.186 e. The summed E-state index contributed by atoms with van der Waals surface area (Å²) in [6, 6.07) is 0. The lowest BCUT2D eigenvalue weighted by molar-refractivity contribution is -0.305. The zero-order chi connectivity index (χ0) is 46.1. The number of allylic oxidation sites excluding steroid dienone is 20. The Morgan fingerprint density at radius 3 is 1.16 bits per heavy atom. The van der Waals surface area contributed by atoms with Gasteiger partial charge in [0.1, 0.15) is 36.6 Å². The van der Waals surface area contributed by atoms with E-state index >= 15 is 0 Å². The highest BCUT2D eigenvalue weighted by molar-refractivity contribution is 5.39. The molecule has 2 heterocycles. The average Bonchev–Trinajstić information content (AvgIpc) is 3.17. The van der Waals surface area contributed by atoms with Crippen LogP contribution in [0.3, 0.4) is 0 Å². The molecular formula is C52H76O10. The second kappa shape index (κ2) is 22.6. The maximum atomic E-state index is 10.4. The third-order valence-electron chi connectivity index (χ3n) is 12.5.